The minimum Gasteiger partial charge on any atom is -0.369 e. The number of ketones is 1. The molecular weight excluding hydrogens is 428 g/mol. The van der Waals surface area contributed by atoms with Gasteiger partial charge in [0, 0.05) is 56.2 Å². The number of carbonyl (C=O) groups excluding carboxylic acids is 2. The lowest BCUT2D eigenvalue weighted by molar-refractivity contribution is 0.101. The quantitative estimate of drug-likeness (QED) is 0.699. The maximum atomic E-state index is 13.2. The Morgan fingerprint density at radius 1 is 0.969 bits per heavy atom. The highest BCUT2D eigenvalue weighted by atomic mass is 32.2. The second kappa shape index (κ2) is 8.91. The van der Waals surface area contributed by atoms with E-state index < -0.39 is 10.0 Å². The van der Waals surface area contributed by atoms with E-state index in [2.05, 4.69) is 10.2 Å². The fraction of sp³-hybridized carbons (Fsp3) is 0.391. The third-order valence-corrected chi connectivity index (χ3v) is 7.93. The highest BCUT2D eigenvalue weighted by Crippen LogP contribution is 2.31. The Morgan fingerprint density at radius 2 is 1.66 bits per heavy atom. The summed E-state index contributed by atoms with van der Waals surface area (Å²) in [6, 6.07) is 12.3. The van der Waals surface area contributed by atoms with E-state index in [4.69, 9.17) is 0 Å². The topological polar surface area (TPSA) is 90.0 Å². The average Bonchev–Trinajstić information content (AvgIpc) is 3.23. The summed E-state index contributed by atoms with van der Waals surface area (Å²) in [4.78, 5) is 27.7. The summed E-state index contributed by atoms with van der Waals surface area (Å²) in [6.45, 7) is 6.43. The molecule has 9 heteroatoms. The lowest BCUT2D eigenvalue weighted by Crippen LogP contribution is -2.48. The molecule has 0 aromatic heterocycles. The number of carbonyl (C=O) groups is 2. The number of amides is 2. The van der Waals surface area contributed by atoms with Gasteiger partial charge >= 0.3 is 6.03 Å². The number of urea groups is 1. The Hall–Kier alpha value is -2.91. The predicted molar refractivity (Wildman–Crippen MR) is 124 cm³/mol. The van der Waals surface area contributed by atoms with Crippen LogP contribution >= 0.6 is 0 Å². The number of piperazine rings is 1. The van der Waals surface area contributed by atoms with Crippen LogP contribution in [0.3, 0.4) is 0 Å². The average molecular weight is 457 g/mol. The van der Waals surface area contributed by atoms with Crippen LogP contribution in [0.25, 0.3) is 0 Å². The van der Waals surface area contributed by atoms with Gasteiger partial charge in [0.1, 0.15) is 0 Å². The fourth-order valence-electron chi connectivity index (χ4n) is 4.24. The van der Waals surface area contributed by atoms with Crippen molar-refractivity contribution in [1.82, 2.24) is 9.62 Å². The molecule has 1 saturated heterocycles. The van der Waals surface area contributed by atoms with Crippen molar-refractivity contribution in [2.45, 2.75) is 25.2 Å². The van der Waals surface area contributed by atoms with Crippen molar-refractivity contribution in [1.29, 1.82) is 0 Å². The second-order valence-corrected chi connectivity index (χ2v) is 9.96. The van der Waals surface area contributed by atoms with Crippen LogP contribution in [0.15, 0.2) is 47.4 Å². The normalized spacial score (nSPS) is 16.7. The molecule has 0 radical (unpaired) electrons. The fourth-order valence-corrected chi connectivity index (χ4v) is 5.71. The zero-order valence-corrected chi connectivity index (χ0v) is 19.2. The van der Waals surface area contributed by atoms with Crippen molar-refractivity contribution in [3.05, 3.63) is 53.6 Å². The van der Waals surface area contributed by atoms with E-state index in [0.29, 0.717) is 51.3 Å². The van der Waals surface area contributed by atoms with Crippen molar-refractivity contribution in [2.75, 3.05) is 49.1 Å². The van der Waals surface area contributed by atoms with Gasteiger partial charge in [0.2, 0.25) is 10.0 Å². The number of nitrogens with zero attached hydrogens (tertiary/aromatic N) is 3. The molecule has 8 nitrogen and oxygen atoms in total. The molecule has 2 aliphatic rings. The van der Waals surface area contributed by atoms with E-state index in [1.165, 1.54) is 11.2 Å². The van der Waals surface area contributed by atoms with Gasteiger partial charge in [-0.25, -0.2) is 13.2 Å². The summed E-state index contributed by atoms with van der Waals surface area (Å²) < 4.78 is 28.0. The molecule has 1 fully saturated rings. The minimum absolute atomic E-state index is 0.0240. The number of fused-ring (bicyclic) bond motifs is 1. The number of anilines is 2. The van der Waals surface area contributed by atoms with Gasteiger partial charge < -0.3 is 10.2 Å². The first kappa shape index (κ1) is 22.3. The van der Waals surface area contributed by atoms with E-state index >= 15 is 0 Å². The smallest absolute Gasteiger partial charge is 0.321 e. The zero-order valence-electron chi connectivity index (χ0n) is 18.4. The van der Waals surface area contributed by atoms with Crippen LogP contribution in [0.4, 0.5) is 16.2 Å². The van der Waals surface area contributed by atoms with Crippen LogP contribution in [0.2, 0.25) is 0 Å². The molecule has 2 amide bonds. The molecule has 0 saturated carbocycles. The van der Waals surface area contributed by atoms with Gasteiger partial charge in [-0.15, -0.1) is 0 Å². The van der Waals surface area contributed by atoms with E-state index in [0.717, 1.165) is 16.9 Å². The maximum absolute atomic E-state index is 13.2. The number of rotatable bonds is 5. The van der Waals surface area contributed by atoms with Crippen molar-refractivity contribution in [3.63, 3.8) is 0 Å². The summed E-state index contributed by atoms with van der Waals surface area (Å²) >= 11 is 0. The summed E-state index contributed by atoms with van der Waals surface area (Å²) in [5.74, 6) is 0.0240. The zero-order chi connectivity index (χ0) is 22.9. The first-order valence-corrected chi connectivity index (χ1v) is 12.3. The molecule has 0 aliphatic carbocycles. The number of benzene rings is 2. The van der Waals surface area contributed by atoms with Crippen molar-refractivity contribution in [3.8, 4) is 0 Å². The van der Waals surface area contributed by atoms with Crippen LogP contribution in [-0.4, -0.2) is 63.8 Å². The Kier molecular flexibility index (Phi) is 6.21. The standard InChI is InChI=1S/C23H28N4O4S/c1-3-24-23(29)27-11-10-19-16-21(8-9-22(19)27)32(30,31)26-14-12-25(13-15-26)20-6-4-18(5-7-20)17(2)28/h4-9,16H,3,10-15H2,1-2H3,(H,24,29). The Morgan fingerprint density at radius 3 is 2.28 bits per heavy atom. The van der Waals surface area contributed by atoms with Gasteiger partial charge in [0.25, 0.3) is 0 Å². The first-order chi connectivity index (χ1) is 15.3. The first-order valence-electron chi connectivity index (χ1n) is 10.9. The van der Waals surface area contributed by atoms with Crippen LogP contribution in [0, 0.1) is 0 Å². The van der Waals surface area contributed by atoms with E-state index in [1.54, 1.807) is 35.2 Å². The van der Waals surface area contributed by atoms with Gasteiger partial charge in [-0.2, -0.15) is 4.31 Å². The molecule has 0 atom stereocenters. The van der Waals surface area contributed by atoms with Crippen LogP contribution in [-0.2, 0) is 16.4 Å². The third kappa shape index (κ3) is 4.22. The van der Waals surface area contributed by atoms with Crippen LogP contribution in [0.5, 0.6) is 0 Å². The largest absolute Gasteiger partial charge is 0.369 e. The van der Waals surface area contributed by atoms with Crippen molar-refractivity contribution < 1.29 is 18.0 Å². The highest BCUT2D eigenvalue weighted by Gasteiger charge is 2.31. The molecule has 0 unspecified atom stereocenters. The number of hydrogen-bond donors (Lipinski definition) is 1. The summed E-state index contributed by atoms with van der Waals surface area (Å²) in [6.07, 6.45) is 0.639. The number of Topliss-reactive ketones (excluding diaryl/α,β-unsaturated/α-hetero) is 1. The Labute approximate surface area is 188 Å². The predicted octanol–water partition coefficient (Wildman–Crippen LogP) is 2.49. The van der Waals surface area contributed by atoms with Gasteiger partial charge in [0.15, 0.2) is 5.78 Å². The number of sulfonamides is 1. The third-order valence-electron chi connectivity index (χ3n) is 6.04. The van der Waals surface area contributed by atoms with Crippen LogP contribution in [0.1, 0.15) is 29.8 Å². The molecule has 2 aromatic carbocycles. The van der Waals surface area contributed by atoms with Gasteiger partial charge in [0.05, 0.1) is 4.90 Å². The molecule has 4 rings (SSSR count). The monoisotopic (exact) mass is 456 g/mol. The SMILES string of the molecule is CCNC(=O)N1CCc2cc(S(=O)(=O)N3CCN(c4ccc(C(C)=O)cc4)CC3)ccc21. The molecule has 0 spiro atoms. The number of hydrogen-bond acceptors (Lipinski definition) is 5. The van der Waals surface area contributed by atoms with Crippen LogP contribution < -0.4 is 15.1 Å². The van der Waals surface area contributed by atoms with E-state index in [9.17, 15) is 18.0 Å². The van der Waals surface area contributed by atoms with Gasteiger partial charge in [-0.05, 0) is 68.3 Å². The molecular formula is C23H28N4O4S. The molecule has 170 valence electrons. The van der Waals surface area contributed by atoms with E-state index in [-0.39, 0.29) is 16.7 Å². The van der Waals surface area contributed by atoms with Gasteiger partial charge in [-0.1, -0.05) is 0 Å². The molecule has 2 aliphatic heterocycles. The Bertz CT molecular complexity index is 1120. The molecule has 2 aromatic rings. The molecule has 2 heterocycles. The van der Waals surface area contributed by atoms with Crippen molar-refractivity contribution in [2.24, 2.45) is 0 Å². The molecule has 0 bridgehead atoms. The van der Waals surface area contributed by atoms with Crippen molar-refractivity contribution >= 4 is 33.2 Å². The summed E-state index contributed by atoms with van der Waals surface area (Å²) in [7, 11) is -3.61. The molecule has 32 heavy (non-hydrogen) atoms. The lowest BCUT2D eigenvalue weighted by Gasteiger charge is -2.35. The highest BCUT2D eigenvalue weighted by molar-refractivity contribution is 7.89. The lowest BCUT2D eigenvalue weighted by atomic mass is 10.1. The second-order valence-electron chi connectivity index (χ2n) is 8.02. The maximum Gasteiger partial charge on any atom is 0.321 e. The minimum atomic E-state index is -3.61. The van der Waals surface area contributed by atoms with Gasteiger partial charge in [-0.3, -0.25) is 9.69 Å². The number of nitrogens with one attached hydrogen (secondary N) is 1. The Balaban J connectivity index is 1.45. The molecule has 1 N–H and O–H groups in total. The van der Waals surface area contributed by atoms with E-state index in [1.807, 2.05) is 19.1 Å². The summed E-state index contributed by atoms with van der Waals surface area (Å²) in [5, 5.41) is 2.79. The summed E-state index contributed by atoms with van der Waals surface area (Å²) in [5.41, 5.74) is 3.29.